The molecule has 1 aromatic carbocycles. The summed E-state index contributed by atoms with van der Waals surface area (Å²) in [4.78, 5) is 21.4. The molecule has 0 fully saturated rings. The van der Waals surface area contributed by atoms with Crippen molar-refractivity contribution in [2.75, 3.05) is 32.6 Å². The number of ketones is 1. The maximum Gasteiger partial charge on any atom is 0.177 e. The molecule has 0 aromatic heterocycles. The fourth-order valence-corrected chi connectivity index (χ4v) is 4.34. The van der Waals surface area contributed by atoms with E-state index in [1.165, 1.54) is 15.5 Å². The summed E-state index contributed by atoms with van der Waals surface area (Å²) in [7, 11) is 6.34. The van der Waals surface area contributed by atoms with E-state index in [0.29, 0.717) is 23.4 Å². The zero-order valence-electron chi connectivity index (χ0n) is 15.4. The van der Waals surface area contributed by atoms with Crippen LogP contribution in [0.1, 0.15) is 13.3 Å². The Labute approximate surface area is 154 Å². The van der Waals surface area contributed by atoms with Crippen LogP contribution in [0, 0.1) is 0 Å². The first-order chi connectivity index (χ1) is 11.8. The molecule has 4 nitrogen and oxygen atoms in total. The quantitative estimate of drug-likeness (QED) is 0.823. The molecule has 25 heavy (non-hydrogen) atoms. The van der Waals surface area contributed by atoms with Crippen LogP contribution < -0.4 is 9.80 Å². The third kappa shape index (κ3) is 3.88. The van der Waals surface area contributed by atoms with Crippen LogP contribution in [0.2, 0.25) is 0 Å². The minimum Gasteiger partial charge on any atom is -0.367 e. The van der Waals surface area contributed by atoms with E-state index in [1.807, 2.05) is 29.8 Å². The standard InChI is InChI=1S/C20H25N3OS/c1-13(2)18(24)12-23(5)15-7-9-17-20(11-15)25-19-10-14(22(3)4)6-8-16(19)21-17/h6-9,11,14,19H,1,10,12H2,2-5H3/p+1. The van der Waals surface area contributed by atoms with Crippen LogP contribution in [0.25, 0.3) is 0 Å². The maximum absolute atomic E-state index is 11.9. The molecular weight excluding hydrogens is 330 g/mol. The molecule has 1 aliphatic heterocycles. The molecule has 1 heterocycles. The number of fused-ring (bicyclic) bond motifs is 2. The number of nitrogens with one attached hydrogen (secondary N) is 1. The SMILES string of the molecule is C=C(C)C(=O)CN(C)c1ccc2c(c1)SC1CC([NH+](C)C)C=CC1=N2. The van der Waals surface area contributed by atoms with Gasteiger partial charge in [-0.3, -0.25) is 9.79 Å². The minimum atomic E-state index is 0.0717. The smallest absolute Gasteiger partial charge is 0.177 e. The Bertz CT molecular complexity index is 766. The number of rotatable bonds is 5. The number of benzene rings is 1. The van der Waals surface area contributed by atoms with Crippen molar-refractivity contribution in [1.29, 1.82) is 0 Å². The van der Waals surface area contributed by atoms with Gasteiger partial charge in [0.05, 0.1) is 37.3 Å². The first-order valence-corrected chi connectivity index (χ1v) is 9.50. The second-order valence-corrected chi connectivity index (χ2v) is 8.38. The average Bonchev–Trinajstić information content (AvgIpc) is 2.58. The predicted molar refractivity (Wildman–Crippen MR) is 107 cm³/mol. The zero-order valence-corrected chi connectivity index (χ0v) is 16.2. The van der Waals surface area contributed by atoms with Gasteiger partial charge in [-0.05, 0) is 42.8 Å². The van der Waals surface area contributed by atoms with Crippen LogP contribution >= 0.6 is 11.8 Å². The molecule has 2 unspecified atom stereocenters. The minimum absolute atomic E-state index is 0.0717. The van der Waals surface area contributed by atoms with E-state index in [2.05, 4.69) is 45.0 Å². The first kappa shape index (κ1) is 18.0. The summed E-state index contributed by atoms with van der Waals surface area (Å²) in [6, 6.07) is 6.79. The van der Waals surface area contributed by atoms with Gasteiger partial charge in [0, 0.05) is 24.1 Å². The van der Waals surface area contributed by atoms with Crippen molar-refractivity contribution in [3.63, 3.8) is 0 Å². The van der Waals surface area contributed by atoms with Gasteiger partial charge in [0.2, 0.25) is 0 Å². The van der Waals surface area contributed by atoms with E-state index in [4.69, 9.17) is 4.99 Å². The van der Waals surface area contributed by atoms with Crippen molar-refractivity contribution >= 4 is 34.6 Å². The number of Topliss-reactive ketones (excluding diaryl/α,β-unsaturated/α-hetero) is 1. The lowest BCUT2D eigenvalue weighted by atomic mass is 9.99. The largest absolute Gasteiger partial charge is 0.367 e. The molecule has 132 valence electrons. The third-order valence-corrected chi connectivity index (χ3v) is 6.10. The Morgan fingerprint density at radius 1 is 1.44 bits per heavy atom. The lowest BCUT2D eigenvalue weighted by Crippen LogP contribution is -3.10. The Morgan fingerprint density at radius 2 is 2.20 bits per heavy atom. The lowest BCUT2D eigenvalue weighted by molar-refractivity contribution is -0.878. The molecule has 0 saturated carbocycles. The number of likely N-dealkylation sites (N-methyl/N-ethyl adjacent to an activating group) is 2. The van der Waals surface area contributed by atoms with E-state index in [0.717, 1.165) is 17.8 Å². The summed E-state index contributed by atoms with van der Waals surface area (Å²) in [5, 5.41) is 0.412. The number of allylic oxidation sites excluding steroid dienone is 1. The van der Waals surface area contributed by atoms with Crippen molar-refractivity contribution in [3.05, 3.63) is 42.5 Å². The van der Waals surface area contributed by atoms with E-state index in [-0.39, 0.29) is 5.78 Å². The van der Waals surface area contributed by atoms with Crippen molar-refractivity contribution in [2.45, 2.75) is 29.5 Å². The monoisotopic (exact) mass is 356 g/mol. The number of thioether (sulfide) groups is 1. The Hall–Kier alpha value is -1.85. The number of carbonyl (C=O) groups is 1. The summed E-state index contributed by atoms with van der Waals surface area (Å²) >= 11 is 1.89. The second-order valence-electron chi connectivity index (χ2n) is 7.13. The van der Waals surface area contributed by atoms with Crippen LogP contribution in [0.4, 0.5) is 11.4 Å². The molecule has 0 bridgehead atoms. The van der Waals surface area contributed by atoms with E-state index < -0.39 is 0 Å². The lowest BCUT2D eigenvalue weighted by Gasteiger charge is -2.31. The molecule has 0 amide bonds. The van der Waals surface area contributed by atoms with Gasteiger partial charge in [0.1, 0.15) is 6.04 Å². The molecular formula is C20H26N3OS+. The van der Waals surface area contributed by atoms with Crippen molar-refractivity contribution in [2.24, 2.45) is 4.99 Å². The summed E-state index contributed by atoms with van der Waals surface area (Å²) < 4.78 is 0. The normalized spacial score (nSPS) is 21.4. The van der Waals surface area contributed by atoms with E-state index in [9.17, 15) is 4.79 Å². The van der Waals surface area contributed by atoms with Gasteiger partial charge in [0.15, 0.2) is 5.78 Å². The number of anilines is 1. The third-order valence-electron chi connectivity index (χ3n) is 4.80. The van der Waals surface area contributed by atoms with Gasteiger partial charge in [-0.2, -0.15) is 0 Å². The van der Waals surface area contributed by atoms with Crippen LogP contribution in [-0.2, 0) is 4.79 Å². The highest BCUT2D eigenvalue weighted by molar-refractivity contribution is 8.01. The van der Waals surface area contributed by atoms with E-state index in [1.54, 1.807) is 6.92 Å². The number of carbonyl (C=O) groups excluding carboxylic acids is 1. The number of quaternary nitrogens is 1. The Balaban J connectivity index is 1.81. The summed E-state index contributed by atoms with van der Waals surface area (Å²) in [6.45, 7) is 5.84. The Kier molecular flexibility index (Phi) is 5.16. The van der Waals surface area contributed by atoms with Gasteiger partial charge in [-0.15, -0.1) is 11.8 Å². The number of hydrogen-bond donors (Lipinski definition) is 1. The topological polar surface area (TPSA) is 37.1 Å². The molecule has 2 atom stereocenters. The number of aliphatic imine (C=N–C) groups is 1. The van der Waals surface area contributed by atoms with Gasteiger partial charge < -0.3 is 9.80 Å². The van der Waals surface area contributed by atoms with E-state index >= 15 is 0 Å². The molecule has 0 radical (unpaired) electrons. The summed E-state index contributed by atoms with van der Waals surface area (Å²) in [5.41, 5.74) is 3.84. The zero-order chi connectivity index (χ0) is 18.1. The Morgan fingerprint density at radius 3 is 2.88 bits per heavy atom. The average molecular weight is 357 g/mol. The van der Waals surface area contributed by atoms with Gasteiger partial charge >= 0.3 is 0 Å². The predicted octanol–water partition coefficient (Wildman–Crippen LogP) is 2.29. The van der Waals surface area contributed by atoms with Gasteiger partial charge in [-0.25, -0.2) is 0 Å². The summed E-state index contributed by atoms with van der Waals surface area (Å²) in [6.07, 6.45) is 5.57. The highest BCUT2D eigenvalue weighted by atomic mass is 32.2. The van der Waals surface area contributed by atoms with Crippen LogP contribution in [0.3, 0.4) is 0 Å². The molecule has 0 spiro atoms. The van der Waals surface area contributed by atoms with Crippen molar-refractivity contribution in [3.8, 4) is 0 Å². The number of nitrogens with zero attached hydrogens (tertiary/aromatic N) is 2. The highest BCUT2D eigenvalue weighted by Gasteiger charge is 2.30. The molecule has 1 N–H and O–H groups in total. The molecule has 3 rings (SSSR count). The van der Waals surface area contributed by atoms with Gasteiger partial charge in [-0.1, -0.05) is 6.58 Å². The molecule has 2 aliphatic rings. The van der Waals surface area contributed by atoms with Crippen molar-refractivity contribution in [1.82, 2.24) is 0 Å². The fourth-order valence-electron chi connectivity index (χ4n) is 3.06. The van der Waals surface area contributed by atoms with Gasteiger partial charge in [0.25, 0.3) is 0 Å². The first-order valence-electron chi connectivity index (χ1n) is 8.62. The maximum atomic E-state index is 11.9. The molecule has 1 aliphatic carbocycles. The molecule has 1 aromatic rings. The van der Waals surface area contributed by atoms with Crippen molar-refractivity contribution < 1.29 is 9.69 Å². The second kappa shape index (κ2) is 7.18. The number of hydrogen-bond acceptors (Lipinski definition) is 4. The van der Waals surface area contributed by atoms with Crippen LogP contribution in [0.5, 0.6) is 0 Å². The fraction of sp³-hybridized carbons (Fsp3) is 0.400. The molecule has 5 heteroatoms. The summed E-state index contributed by atoms with van der Waals surface area (Å²) in [5.74, 6) is 0.0717. The van der Waals surface area contributed by atoms with Crippen LogP contribution in [-0.4, -0.2) is 50.5 Å². The highest BCUT2D eigenvalue weighted by Crippen LogP contribution is 2.42. The van der Waals surface area contributed by atoms with Crippen LogP contribution in [0.15, 0.2) is 52.4 Å². The molecule has 0 saturated heterocycles.